The zero-order chi connectivity index (χ0) is 14.4. The molecular formula is C14H22N2O3S. The van der Waals surface area contributed by atoms with Gasteiger partial charge < -0.3 is 10.1 Å². The largest absolute Gasteiger partial charge is 0.381 e. The van der Waals surface area contributed by atoms with E-state index >= 15 is 0 Å². The molecule has 0 radical (unpaired) electrons. The van der Waals surface area contributed by atoms with Crippen LogP contribution in [-0.4, -0.2) is 34.7 Å². The number of rotatable bonds is 7. The molecule has 0 spiro atoms. The van der Waals surface area contributed by atoms with Gasteiger partial charge in [-0.2, -0.15) is 0 Å². The summed E-state index contributed by atoms with van der Waals surface area (Å²) in [6.07, 6.45) is 0.920. The molecular weight excluding hydrogens is 276 g/mol. The first kappa shape index (κ1) is 15.4. The summed E-state index contributed by atoms with van der Waals surface area (Å²) in [4.78, 5) is 0.326. The number of ether oxygens (including phenoxy) is 1. The lowest BCUT2D eigenvalue weighted by molar-refractivity contribution is 0.186. The van der Waals surface area contributed by atoms with Crippen molar-refractivity contribution in [1.29, 1.82) is 0 Å². The summed E-state index contributed by atoms with van der Waals surface area (Å²) in [7, 11) is -3.43. The van der Waals surface area contributed by atoms with E-state index in [1.54, 1.807) is 18.2 Å². The first-order valence-electron chi connectivity index (χ1n) is 6.99. The van der Waals surface area contributed by atoms with Crippen LogP contribution in [0.15, 0.2) is 29.2 Å². The monoisotopic (exact) mass is 298 g/mol. The van der Waals surface area contributed by atoms with Gasteiger partial charge in [0, 0.05) is 19.7 Å². The fourth-order valence-corrected chi connectivity index (χ4v) is 3.33. The van der Waals surface area contributed by atoms with Crippen molar-refractivity contribution in [3.63, 3.8) is 0 Å². The second-order valence-corrected chi connectivity index (χ2v) is 6.78. The van der Waals surface area contributed by atoms with Gasteiger partial charge in [-0.25, -0.2) is 13.1 Å². The minimum absolute atomic E-state index is 0.287. The molecule has 1 aliphatic rings. The van der Waals surface area contributed by atoms with E-state index in [1.807, 2.05) is 13.0 Å². The van der Waals surface area contributed by atoms with Gasteiger partial charge in [-0.05, 0) is 36.6 Å². The molecule has 6 heteroatoms. The molecule has 1 saturated heterocycles. The summed E-state index contributed by atoms with van der Waals surface area (Å²) in [5, 5.41) is 3.19. The highest BCUT2D eigenvalue weighted by atomic mass is 32.2. The molecule has 0 aliphatic carbocycles. The van der Waals surface area contributed by atoms with Crippen LogP contribution >= 0.6 is 0 Å². The Morgan fingerprint density at radius 3 is 2.95 bits per heavy atom. The van der Waals surface area contributed by atoms with Crippen molar-refractivity contribution in [2.24, 2.45) is 5.92 Å². The number of sulfonamides is 1. The van der Waals surface area contributed by atoms with Crippen LogP contribution in [0.1, 0.15) is 18.9 Å². The summed E-state index contributed by atoms with van der Waals surface area (Å²) in [6.45, 7) is 5.37. The molecule has 20 heavy (non-hydrogen) atoms. The van der Waals surface area contributed by atoms with Crippen LogP contribution in [0.2, 0.25) is 0 Å². The summed E-state index contributed by atoms with van der Waals surface area (Å²) in [6, 6.07) is 7.05. The maximum Gasteiger partial charge on any atom is 0.240 e. The van der Waals surface area contributed by atoms with Gasteiger partial charge in [0.15, 0.2) is 0 Å². The van der Waals surface area contributed by atoms with Crippen LogP contribution in [-0.2, 0) is 21.3 Å². The standard InChI is InChI=1S/C14H22N2O3S/c1-2-15-9-12-4-3-5-14(8-12)20(17,18)16-10-13-6-7-19-11-13/h3-5,8,13,15-16H,2,6-7,9-11H2,1H3. The minimum Gasteiger partial charge on any atom is -0.381 e. The van der Waals surface area contributed by atoms with E-state index in [4.69, 9.17) is 4.74 Å². The van der Waals surface area contributed by atoms with E-state index in [9.17, 15) is 8.42 Å². The Kier molecular flexibility index (Phi) is 5.54. The molecule has 112 valence electrons. The van der Waals surface area contributed by atoms with Crippen LogP contribution in [0.5, 0.6) is 0 Å². The van der Waals surface area contributed by atoms with Gasteiger partial charge in [-0.1, -0.05) is 19.1 Å². The second-order valence-electron chi connectivity index (χ2n) is 5.01. The predicted octanol–water partition coefficient (Wildman–Crippen LogP) is 1.11. The molecule has 1 fully saturated rings. The van der Waals surface area contributed by atoms with Crippen molar-refractivity contribution in [3.8, 4) is 0 Å². The SMILES string of the molecule is CCNCc1cccc(S(=O)(=O)NCC2CCOC2)c1. The Bertz CT molecular complexity index is 525. The fraction of sp³-hybridized carbons (Fsp3) is 0.571. The average Bonchev–Trinajstić information content (AvgIpc) is 2.97. The Morgan fingerprint density at radius 1 is 1.40 bits per heavy atom. The quantitative estimate of drug-likeness (QED) is 0.791. The Morgan fingerprint density at radius 2 is 2.25 bits per heavy atom. The third kappa shape index (κ3) is 4.28. The highest BCUT2D eigenvalue weighted by Gasteiger charge is 2.20. The fourth-order valence-electron chi connectivity index (χ4n) is 2.15. The molecule has 2 N–H and O–H groups in total. The van der Waals surface area contributed by atoms with E-state index < -0.39 is 10.0 Å². The molecule has 1 aliphatic heterocycles. The summed E-state index contributed by atoms with van der Waals surface area (Å²) in [5.74, 6) is 0.287. The Balaban J connectivity index is 2.00. The first-order valence-corrected chi connectivity index (χ1v) is 8.47. The van der Waals surface area contributed by atoms with Crippen molar-refractivity contribution in [2.45, 2.75) is 24.8 Å². The first-order chi connectivity index (χ1) is 9.62. The lowest BCUT2D eigenvalue weighted by atomic mass is 10.1. The normalized spacial score (nSPS) is 19.4. The zero-order valence-corrected chi connectivity index (χ0v) is 12.6. The van der Waals surface area contributed by atoms with Crippen LogP contribution in [0.4, 0.5) is 0 Å². The van der Waals surface area contributed by atoms with E-state index in [1.165, 1.54) is 0 Å². The lowest BCUT2D eigenvalue weighted by Gasteiger charge is -2.11. The molecule has 0 aromatic heterocycles. The smallest absolute Gasteiger partial charge is 0.240 e. The van der Waals surface area contributed by atoms with E-state index in [0.29, 0.717) is 24.6 Å². The molecule has 1 heterocycles. The molecule has 1 aromatic carbocycles. The molecule has 1 atom stereocenters. The van der Waals surface area contributed by atoms with Gasteiger partial charge >= 0.3 is 0 Å². The van der Waals surface area contributed by atoms with Crippen LogP contribution in [0, 0.1) is 5.92 Å². The van der Waals surface area contributed by atoms with Gasteiger partial charge in [0.2, 0.25) is 10.0 Å². The highest BCUT2D eigenvalue weighted by Crippen LogP contribution is 2.14. The third-order valence-corrected chi connectivity index (χ3v) is 4.80. The van der Waals surface area contributed by atoms with Gasteiger partial charge in [-0.3, -0.25) is 0 Å². The molecule has 1 aromatic rings. The van der Waals surface area contributed by atoms with Gasteiger partial charge in [0.05, 0.1) is 11.5 Å². The average molecular weight is 298 g/mol. The Labute approximate surface area is 120 Å². The maximum absolute atomic E-state index is 12.2. The van der Waals surface area contributed by atoms with Crippen LogP contribution in [0.25, 0.3) is 0 Å². The van der Waals surface area contributed by atoms with Gasteiger partial charge in [-0.15, -0.1) is 0 Å². The number of nitrogens with one attached hydrogen (secondary N) is 2. The molecule has 2 rings (SSSR count). The van der Waals surface area contributed by atoms with Crippen molar-refractivity contribution in [3.05, 3.63) is 29.8 Å². The zero-order valence-electron chi connectivity index (χ0n) is 11.8. The van der Waals surface area contributed by atoms with Crippen LogP contribution in [0.3, 0.4) is 0 Å². The summed E-state index contributed by atoms with van der Waals surface area (Å²) in [5.41, 5.74) is 0.971. The molecule has 1 unspecified atom stereocenters. The topological polar surface area (TPSA) is 67.4 Å². The number of hydrogen-bond acceptors (Lipinski definition) is 4. The summed E-state index contributed by atoms with van der Waals surface area (Å²) >= 11 is 0. The number of benzene rings is 1. The lowest BCUT2D eigenvalue weighted by Crippen LogP contribution is -2.29. The maximum atomic E-state index is 12.2. The third-order valence-electron chi connectivity index (χ3n) is 3.37. The second kappa shape index (κ2) is 7.17. The van der Waals surface area contributed by atoms with Crippen molar-refractivity contribution < 1.29 is 13.2 Å². The highest BCUT2D eigenvalue weighted by molar-refractivity contribution is 7.89. The molecule has 5 nitrogen and oxygen atoms in total. The predicted molar refractivity (Wildman–Crippen MR) is 77.9 cm³/mol. The Hall–Kier alpha value is -0.950. The van der Waals surface area contributed by atoms with Crippen molar-refractivity contribution in [1.82, 2.24) is 10.0 Å². The van der Waals surface area contributed by atoms with E-state index in [0.717, 1.165) is 25.1 Å². The van der Waals surface area contributed by atoms with Crippen molar-refractivity contribution >= 4 is 10.0 Å². The van der Waals surface area contributed by atoms with Crippen LogP contribution < -0.4 is 10.0 Å². The minimum atomic E-state index is -3.43. The van der Waals surface area contributed by atoms with Gasteiger partial charge in [0.25, 0.3) is 0 Å². The van der Waals surface area contributed by atoms with Crippen molar-refractivity contribution in [2.75, 3.05) is 26.3 Å². The van der Waals surface area contributed by atoms with E-state index in [2.05, 4.69) is 10.0 Å². The number of hydrogen-bond donors (Lipinski definition) is 2. The molecule has 0 saturated carbocycles. The van der Waals surface area contributed by atoms with Gasteiger partial charge in [0.1, 0.15) is 0 Å². The molecule has 0 amide bonds. The molecule has 0 bridgehead atoms. The summed E-state index contributed by atoms with van der Waals surface area (Å²) < 4.78 is 32.4. The van der Waals surface area contributed by atoms with E-state index in [-0.39, 0.29) is 5.92 Å².